The van der Waals surface area contributed by atoms with Gasteiger partial charge in [-0.2, -0.15) is 5.26 Å². The molecule has 100 valence electrons. The van der Waals surface area contributed by atoms with E-state index in [1.165, 1.54) is 0 Å². The van der Waals surface area contributed by atoms with Crippen LogP contribution in [-0.2, 0) is 4.79 Å². The second-order valence-electron chi connectivity index (χ2n) is 5.13. The number of hydrogen-bond donors (Lipinski definition) is 1. The molecule has 1 heterocycles. The third-order valence-corrected chi connectivity index (χ3v) is 3.79. The Morgan fingerprint density at radius 2 is 2.17 bits per heavy atom. The Morgan fingerprint density at radius 3 is 2.72 bits per heavy atom. The summed E-state index contributed by atoms with van der Waals surface area (Å²) in [5, 5.41) is 12.0. The second-order valence-corrected chi connectivity index (χ2v) is 5.13. The topological polar surface area (TPSA) is 59.4 Å². The number of hydrogen-bond acceptors (Lipinski definition) is 4. The van der Waals surface area contributed by atoms with Gasteiger partial charge in [-0.15, -0.1) is 0 Å². The maximum absolute atomic E-state index is 12.5. The average molecular weight is 250 g/mol. The highest BCUT2D eigenvalue weighted by atomic mass is 16.2. The van der Waals surface area contributed by atoms with Gasteiger partial charge in [-0.25, -0.2) is 0 Å². The van der Waals surface area contributed by atoms with Crippen LogP contribution in [0, 0.1) is 11.3 Å². The quantitative estimate of drug-likeness (QED) is 0.756. The SMILES string of the molecule is CC(C(=O)N(CCC#N)C1CC1)N1CCNCC1. The Hall–Kier alpha value is -1.12. The van der Waals surface area contributed by atoms with Crippen LogP contribution in [0.4, 0.5) is 0 Å². The van der Waals surface area contributed by atoms with Gasteiger partial charge in [0.15, 0.2) is 0 Å². The fraction of sp³-hybridized carbons (Fsp3) is 0.846. The Kier molecular flexibility index (Phi) is 4.56. The van der Waals surface area contributed by atoms with Gasteiger partial charge < -0.3 is 10.2 Å². The summed E-state index contributed by atoms with van der Waals surface area (Å²) in [6.07, 6.45) is 2.65. The maximum Gasteiger partial charge on any atom is 0.239 e. The van der Waals surface area contributed by atoms with E-state index in [2.05, 4.69) is 16.3 Å². The van der Waals surface area contributed by atoms with E-state index in [1.54, 1.807) is 0 Å². The number of nitrogens with one attached hydrogen (secondary N) is 1. The van der Waals surface area contributed by atoms with Crippen molar-refractivity contribution in [3.05, 3.63) is 0 Å². The van der Waals surface area contributed by atoms with Crippen LogP contribution in [0.1, 0.15) is 26.2 Å². The zero-order valence-corrected chi connectivity index (χ0v) is 11.1. The molecule has 5 heteroatoms. The van der Waals surface area contributed by atoms with E-state index in [4.69, 9.17) is 5.26 Å². The van der Waals surface area contributed by atoms with E-state index in [9.17, 15) is 4.79 Å². The summed E-state index contributed by atoms with van der Waals surface area (Å²) in [4.78, 5) is 16.6. The largest absolute Gasteiger partial charge is 0.337 e. The van der Waals surface area contributed by atoms with E-state index in [0.29, 0.717) is 19.0 Å². The summed E-state index contributed by atoms with van der Waals surface area (Å²) in [5.74, 6) is 0.203. The minimum Gasteiger partial charge on any atom is -0.337 e. The van der Waals surface area contributed by atoms with Crippen molar-refractivity contribution < 1.29 is 4.79 Å². The number of carbonyl (C=O) groups excluding carboxylic acids is 1. The van der Waals surface area contributed by atoms with Gasteiger partial charge in [0.25, 0.3) is 0 Å². The number of nitrogens with zero attached hydrogens (tertiary/aromatic N) is 3. The summed E-state index contributed by atoms with van der Waals surface area (Å²) in [6, 6.07) is 2.49. The van der Waals surface area contributed by atoms with Crippen molar-refractivity contribution in [1.82, 2.24) is 15.1 Å². The molecular formula is C13H22N4O. The van der Waals surface area contributed by atoms with Crippen LogP contribution in [0.5, 0.6) is 0 Å². The molecule has 0 bridgehead atoms. The van der Waals surface area contributed by atoms with Crippen molar-refractivity contribution in [3.63, 3.8) is 0 Å². The Labute approximate surface area is 109 Å². The van der Waals surface area contributed by atoms with Crippen LogP contribution in [0.3, 0.4) is 0 Å². The van der Waals surface area contributed by atoms with Gasteiger partial charge in [-0.05, 0) is 19.8 Å². The molecule has 5 nitrogen and oxygen atoms in total. The van der Waals surface area contributed by atoms with Crippen molar-refractivity contribution in [2.75, 3.05) is 32.7 Å². The van der Waals surface area contributed by atoms with Crippen LogP contribution in [0.15, 0.2) is 0 Å². The lowest BCUT2D eigenvalue weighted by molar-refractivity contribution is -0.137. The van der Waals surface area contributed by atoms with Crippen molar-refractivity contribution >= 4 is 5.91 Å². The summed E-state index contributed by atoms with van der Waals surface area (Å²) >= 11 is 0. The molecule has 1 amide bonds. The van der Waals surface area contributed by atoms with E-state index >= 15 is 0 Å². The van der Waals surface area contributed by atoms with Gasteiger partial charge in [-0.1, -0.05) is 0 Å². The summed E-state index contributed by atoms with van der Waals surface area (Å²) < 4.78 is 0. The van der Waals surface area contributed by atoms with Crippen LogP contribution in [-0.4, -0.2) is 60.5 Å². The first-order valence-corrected chi connectivity index (χ1v) is 6.86. The fourth-order valence-corrected chi connectivity index (χ4v) is 2.49. The average Bonchev–Trinajstić information content (AvgIpc) is 3.24. The minimum atomic E-state index is -0.0496. The van der Waals surface area contributed by atoms with E-state index in [0.717, 1.165) is 39.0 Å². The molecule has 1 saturated heterocycles. The van der Waals surface area contributed by atoms with Gasteiger partial charge >= 0.3 is 0 Å². The zero-order valence-electron chi connectivity index (χ0n) is 11.1. The van der Waals surface area contributed by atoms with E-state index in [-0.39, 0.29) is 11.9 Å². The van der Waals surface area contributed by atoms with Gasteiger partial charge in [0, 0.05) is 38.8 Å². The summed E-state index contributed by atoms with van der Waals surface area (Å²) in [6.45, 7) is 6.37. The third-order valence-electron chi connectivity index (χ3n) is 3.79. The summed E-state index contributed by atoms with van der Waals surface area (Å²) in [5.41, 5.74) is 0. The first kappa shape index (κ1) is 13.3. The number of carbonyl (C=O) groups is 1. The first-order chi connectivity index (χ1) is 8.74. The lowest BCUT2D eigenvalue weighted by Crippen LogP contribution is -2.54. The molecule has 0 aromatic heterocycles. The van der Waals surface area contributed by atoms with E-state index in [1.807, 2.05) is 11.8 Å². The third kappa shape index (κ3) is 3.21. The van der Waals surface area contributed by atoms with Gasteiger partial charge in [0.05, 0.1) is 18.5 Å². The lowest BCUT2D eigenvalue weighted by atomic mass is 10.2. The van der Waals surface area contributed by atoms with Gasteiger partial charge in [0.1, 0.15) is 0 Å². The zero-order chi connectivity index (χ0) is 13.0. The molecule has 1 unspecified atom stereocenters. The Morgan fingerprint density at radius 1 is 1.50 bits per heavy atom. The van der Waals surface area contributed by atoms with Gasteiger partial charge in [0.2, 0.25) is 5.91 Å². The smallest absolute Gasteiger partial charge is 0.239 e. The number of piperazine rings is 1. The number of amides is 1. The fourth-order valence-electron chi connectivity index (χ4n) is 2.49. The first-order valence-electron chi connectivity index (χ1n) is 6.86. The molecule has 0 radical (unpaired) electrons. The molecule has 1 saturated carbocycles. The van der Waals surface area contributed by atoms with E-state index < -0.39 is 0 Å². The second kappa shape index (κ2) is 6.17. The molecule has 1 N–H and O–H groups in total. The highest BCUT2D eigenvalue weighted by molar-refractivity contribution is 5.82. The predicted molar refractivity (Wildman–Crippen MR) is 68.9 cm³/mol. The molecule has 2 aliphatic rings. The molecule has 0 aromatic rings. The molecular weight excluding hydrogens is 228 g/mol. The number of nitriles is 1. The van der Waals surface area contributed by atoms with Gasteiger partial charge in [-0.3, -0.25) is 9.69 Å². The Bertz CT molecular complexity index is 328. The molecule has 2 fully saturated rings. The van der Waals surface area contributed by atoms with Crippen molar-refractivity contribution in [2.24, 2.45) is 0 Å². The minimum absolute atomic E-state index is 0.0496. The molecule has 0 spiro atoms. The predicted octanol–water partition coefficient (Wildman–Crippen LogP) is 0.185. The highest BCUT2D eigenvalue weighted by Crippen LogP contribution is 2.28. The molecule has 0 aromatic carbocycles. The highest BCUT2D eigenvalue weighted by Gasteiger charge is 2.35. The lowest BCUT2D eigenvalue weighted by Gasteiger charge is -2.35. The van der Waals surface area contributed by atoms with Crippen molar-refractivity contribution in [3.8, 4) is 6.07 Å². The van der Waals surface area contributed by atoms with Crippen molar-refractivity contribution in [2.45, 2.75) is 38.3 Å². The molecule has 1 aliphatic carbocycles. The van der Waals surface area contributed by atoms with Crippen LogP contribution in [0.2, 0.25) is 0 Å². The van der Waals surface area contributed by atoms with Crippen LogP contribution in [0.25, 0.3) is 0 Å². The molecule has 1 aliphatic heterocycles. The summed E-state index contributed by atoms with van der Waals surface area (Å²) in [7, 11) is 0. The van der Waals surface area contributed by atoms with Crippen LogP contribution >= 0.6 is 0 Å². The number of rotatable bonds is 5. The molecule has 1 atom stereocenters. The monoisotopic (exact) mass is 250 g/mol. The Balaban J connectivity index is 1.91. The molecule has 18 heavy (non-hydrogen) atoms. The molecule has 2 rings (SSSR count). The standard InChI is InChI=1S/C13H22N4O/c1-11(16-9-6-15-7-10-16)13(18)17(8-2-5-14)12-3-4-12/h11-12,15H,2-4,6-10H2,1H3. The van der Waals surface area contributed by atoms with Crippen molar-refractivity contribution in [1.29, 1.82) is 5.26 Å². The van der Waals surface area contributed by atoms with Crippen LogP contribution < -0.4 is 5.32 Å². The normalized spacial score (nSPS) is 22.2. The maximum atomic E-state index is 12.5.